The first-order valence-electron chi connectivity index (χ1n) is 13.1. The minimum atomic E-state index is -3.65. The van der Waals surface area contributed by atoms with Crippen LogP contribution < -0.4 is 9.62 Å². The Balaban J connectivity index is 1.63. The number of benzene rings is 3. The van der Waals surface area contributed by atoms with Gasteiger partial charge < -0.3 is 14.3 Å². The van der Waals surface area contributed by atoms with E-state index in [0.29, 0.717) is 44.1 Å². The molecule has 0 aliphatic carbocycles. The van der Waals surface area contributed by atoms with Gasteiger partial charge in [0, 0.05) is 65.3 Å². The number of halogens is 1. The average molecular weight is 599 g/mol. The lowest BCUT2D eigenvalue weighted by atomic mass is 9.99. The minimum absolute atomic E-state index is 0.315. The number of pyridine rings is 1. The zero-order chi connectivity index (χ0) is 29.8. The summed E-state index contributed by atoms with van der Waals surface area (Å²) in [6.45, 7) is 1.98. The van der Waals surface area contributed by atoms with Crippen LogP contribution in [0.3, 0.4) is 0 Å². The monoisotopic (exact) mass is 598 g/mol. The number of aryl methyl sites for hydroxylation is 1. The summed E-state index contributed by atoms with van der Waals surface area (Å²) >= 11 is 6.11. The van der Waals surface area contributed by atoms with Crippen molar-refractivity contribution in [3.8, 4) is 28.1 Å². The van der Waals surface area contributed by atoms with Crippen LogP contribution in [0.2, 0.25) is 5.02 Å². The van der Waals surface area contributed by atoms with Crippen molar-refractivity contribution in [1.29, 1.82) is 0 Å². The molecule has 0 bridgehead atoms. The molecule has 6 aromatic rings. The number of carbonyl (C=O) groups is 1. The molecule has 8 nitrogen and oxygen atoms in total. The van der Waals surface area contributed by atoms with Gasteiger partial charge in [0.25, 0.3) is 5.91 Å². The predicted octanol–water partition coefficient (Wildman–Crippen LogP) is 6.82. The number of hydrogen-bond donors (Lipinski definition) is 1. The van der Waals surface area contributed by atoms with Crippen molar-refractivity contribution in [3.63, 3.8) is 0 Å². The number of carbonyl (C=O) groups excluding carboxylic acids is 1. The van der Waals surface area contributed by atoms with Crippen molar-refractivity contribution in [2.24, 2.45) is 0 Å². The van der Waals surface area contributed by atoms with Crippen molar-refractivity contribution >= 4 is 55.2 Å². The van der Waals surface area contributed by atoms with Crippen LogP contribution in [-0.4, -0.2) is 44.2 Å². The Morgan fingerprint density at radius 1 is 1.00 bits per heavy atom. The van der Waals surface area contributed by atoms with E-state index < -0.39 is 10.0 Å². The summed E-state index contributed by atoms with van der Waals surface area (Å²) in [6.07, 6.45) is 4.77. The van der Waals surface area contributed by atoms with Crippen LogP contribution in [0.15, 0.2) is 89.6 Å². The molecule has 212 valence electrons. The first-order valence-corrected chi connectivity index (χ1v) is 15.3. The van der Waals surface area contributed by atoms with Crippen LogP contribution in [0.1, 0.15) is 15.9 Å². The molecular formula is C32H27ClN4O4S. The fraction of sp³-hybridized carbons (Fsp3) is 0.125. The van der Waals surface area contributed by atoms with E-state index in [0.717, 1.165) is 34.1 Å². The van der Waals surface area contributed by atoms with Crippen LogP contribution in [0.25, 0.3) is 50.1 Å². The zero-order valence-corrected chi connectivity index (χ0v) is 24.9. The van der Waals surface area contributed by atoms with E-state index in [2.05, 4.69) is 10.3 Å². The molecule has 6 rings (SSSR count). The molecule has 0 saturated carbocycles. The van der Waals surface area contributed by atoms with Gasteiger partial charge in [-0.2, -0.15) is 0 Å². The minimum Gasteiger partial charge on any atom is -0.455 e. The molecule has 0 aliphatic heterocycles. The first-order chi connectivity index (χ1) is 20.0. The van der Waals surface area contributed by atoms with E-state index >= 15 is 0 Å². The topological polar surface area (TPSA) is 97.4 Å². The molecule has 10 heteroatoms. The van der Waals surface area contributed by atoms with Crippen LogP contribution >= 0.6 is 11.6 Å². The Kier molecular flexibility index (Phi) is 6.79. The quantitative estimate of drug-likeness (QED) is 0.227. The van der Waals surface area contributed by atoms with E-state index in [-0.39, 0.29) is 5.91 Å². The summed E-state index contributed by atoms with van der Waals surface area (Å²) in [6, 6.07) is 22.5. The van der Waals surface area contributed by atoms with Crippen molar-refractivity contribution in [2.45, 2.75) is 6.92 Å². The van der Waals surface area contributed by atoms with Gasteiger partial charge in [-0.1, -0.05) is 41.4 Å². The lowest BCUT2D eigenvalue weighted by molar-refractivity contribution is 0.0964. The Morgan fingerprint density at radius 2 is 1.71 bits per heavy atom. The van der Waals surface area contributed by atoms with Gasteiger partial charge in [0.15, 0.2) is 0 Å². The maximum atomic E-state index is 13.2. The smallest absolute Gasteiger partial charge is 0.255 e. The van der Waals surface area contributed by atoms with E-state index in [1.54, 1.807) is 25.4 Å². The Morgan fingerprint density at radius 3 is 2.38 bits per heavy atom. The largest absolute Gasteiger partial charge is 0.455 e. The molecule has 0 spiro atoms. The van der Waals surface area contributed by atoms with Crippen molar-refractivity contribution < 1.29 is 17.6 Å². The van der Waals surface area contributed by atoms with E-state index in [9.17, 15) is 13.2 Å². The number of hydrogen-bond acceptors (Lipinski definition) is 5. The molecule has 0 fully saturated rings. The maximum absolute atomic E-state index is 13.2. The van der Waals surface area contributed by atoms with Gasteiger partial charge in [-0.05, 0) is 49.4 Å². The van der Waals surface area contributed by atoms with Gasteiger partial charge in [-0.25, -0.2) is 8.42 Å². The molecule has 0 radical (unpaired) electrons. The molecule has 3 heterocycles. The number of anilines is 1. The van der Waals surface area contributed by atoms with Gasteiger partial charge in [-0.15, -0.1) is 0 Å². The molecule has 0 unspecified atom stereocenters. The third-order valence-electron chi connectivity index (χ3n) is 7.37. The Labute approximate surface area is 248 Å². The lowest BCUT2D eigenvalue weighted by Crippen LogP contribution is -2.25. The van der Waals surface area contributed by atoms with Crippen molar-refractivity contribution in [3.05, 3.63) is 101 Å². The zero-order valence-electron chi connectivity index (χ0n) is 23.3. The molecule has 0 atom stereocenters. The highest BCUT2D eigenvalue weighted by Crippen LogP contribution is 2.41. The van der Waals surface area contributed by atoms with Gasteiger partial charge in [0.1, 0.15) is 11.3 Å². The van der Waals surface area contributed by atoms with Gasteiger partial charge >= 0.3 is 0 Å². The maximum Gasteiger partial charge on any atom is 0.255 e. The number of amides is 1. The van der Waals surface area contributed by atoms with Crippen LogP contribution in [0, 0.1) is 6.92 Å². The second-order valence-electron chi connectivity index (χ2n) is 10.1. The fourth-order valence-electron chi connectivity index (χ4n) is 5.05. The molecule has 3 aromatic carbocycles. The van der Waals surface area contributed by atoms with Gasteiger partial charge in [-0.3, -0.25) is 14.1 Å². The van der Waals surface area contributed by atoms with Crippen molar-refractivity contribution in [2.75, 3.05) is 24.7 Å². The number of nitrogens with one attached hydrogen (secondary N) is 1. The summed E-state index contributed by atoms with van der Waals surface area (Å²) in [5.41, 5.74) is 6.69. The predicted molar refractivity (Wildman–Crippen MR) is 168 cm³/mol. The van der Waals surface area contributed by atoms with E-state index in [4.69, 9.17) is 16.0 Å². The Hall–Kier alpha value is -4.60. The van der Waals surface area contributed by atoms with E-state index in [1.165, 1.54) is 11.4 Å². The molecular weight excluding hydrogens is 572 g/mol. The fourth-order valence-corrected chi connectivity index (χ4v) is 5.68. The molecule has 1 N–H and O–H groups in total. The molecule has 0 aliphatic rings. The molecule has 1 amide bonds. The number of aromatic nitrogens is 2. The van der Waals surface area contributed by atoms with Gasteiger partial charge in [0.05, 0.1) is 28.5 Å². The average Bonchev–Trinajstić information content (AvgIpc) is 3.57. The Bertz CT molecular complexity index is 2100. The van der Waals surface area contributed by atoms with Crippen LogP contribution in [0.5, 0.6) is 0 Å². The lowest BCUT2D eigenvalue weighted by Gasteiger charge is -2.20. The standard InChI is InChI=1S/C32H27ClN4O4S/c1-19-5-7-20(8-6-19)31-30(32(38)34-2)25-16-24(27(17-29(25)41-31)36(3)42(4,39)40)21-15-28-26(35-18-21)13-14-37(28)23-11-9-22(33)10-12-23/h5-18H,1-4H3,(H,34,38). The van der Waals surface area contributed by atoms with Crippen LogP contribution in [0.4, 0.5) is 5.69 Å². The summed E-state index contributed by atoms with van der Waals surface area (Å²) in [5.74, 6) is 0.0873. The number of rotatable bonds is 6. The van der Waals surface area contributed by atoms with Gasteiger partial charge in [0.2, 0.25) is 10.0 Å². The molecule has 3 aromatic heterocycles. The third kappa shape index (κ3) is 4.80. The van der Waals surface area contributed by atoms with Crippen LogP contribution in [-0.2, 0) is 10.0 Å². The third-order valence-corrected chi connectivity index (χ3v) is 8.81. The summed E-state index contributed by atoms with van der Waals surface area (Å²) in [7, 11) is -0.592. The number of furan rings is 1. The normalized spacial score (nSPS) is 11.7. The van der Waals surface area contributed by atoms with E-state index in [1.807, 2.05) is 78.4 Å². The second kappa shape index (κ2) is 10.3. The first kappa shape index (κ1) is 27.6. The summed E-state index contributed by atoms with van der Waals surface area (Å²) in [4.78, 5) is 17.9. The number of nitrogens with zero attached hydrogens (tertiary/aromatic N) is 3. The molecule has 42 heavy (non-hydrogen) atoms. The molecule has 0 saturated heterocycles. The highest BCUT2D eigenvalue weighted by molar-refractivity contribution is 7.92. The number of fused-ring (bicyclic) bond motifs is 2. The highest BCUT2D eigenvalue weighted by Gasteiger charge is 2.26. The highest BCUT2D eigenvalue weighted by atomic mass is 35.5. The van der Waals surface area contributed by atoms with Crippen molar-refractivity contribution in [1.82, 2.24) is 14.9 Å². The SMILES string of the molecule is CNC(=O)c1c(-c2ccc(C)cc2)oc2cc(N(C)S(C)(=O)=O)c(-c3cnc4ccn(-c5ccc(Cl)cc5)c4c3)cc12. The summed E-state index contributed by atoms with van der Waals surface area (Å²) < 4.78 is 35.0. The number of sulfonamides is 1. The second-order valence-corrected chi connectivity index (χ2v) is 12.6. The summed E-state index contributed by atoms with van der Waals surface area (Å²) in [5, 5.41) is 3.91.